The van der Waals surface area contributed by atoms with E-state index in [0.717, 1.165) is 17.1 Å². The van der Waals surface area contributed by atoms with Gasteiger partial charge in [-0.05, 0) is 115 Å². The zero-order chi connectivity index (χ0) is 39.5. The molecule has 0 saturated heterocycles. The molecule has 1 heterocycles. The topological polar surface area (TPSA) is 3.24 Å². The monoisotopic (exact) mass is 773 g/mol. The first-order valence-electron chi connectivity index (χ1n) is 20.7. The lowest BCUT2D eigenvalue weighted by atomic mass is 9.80. The molecule has 11 rings (SSSR count). The number of thioether (sulfide) groups is 1. The van der Waals surface area contributed by atoms with Crippen LogP contribution in [0.5, 0.6) is 0 Å². The van der Waals surface area contributed by atoms with Gasteiger partial charge in [-0.15, -0.1) is 11.8 Å². The number of anilines is 3. The molecule has 8 aromatic rings. The van der Waals surface area contributed by atoms with Crippen molar-refractivity contribution in [1.82, 2.24) is 0 Å². The van der Waals surface area contributed by atoms with Crippen LogP contribution in [-0.4, -0.2) is 5.25 Å². The molecule has 1 nitrogen and oxygen atoms in total. The molecule has 3 aliphatic rings. The molecule has 2 heteroatoms. The first-order chi connectivity index (χ1) is 29.0. The van der Waals surface area contributed by atoms with Gasteiger partial charge >= 0.3 is 0 Å². The summed E-state index contributed by atoms with van der Waals surface area (Å²) in [7, 11) is 0. The molecule has 0 radical (unpaired) electrons. The van der Waals surface area contributed by atoms with Gasteiger partial charge in [-0.2, -0.15) is 0 Å². The van der Waals surface area contributed by atoms with Gasteiger partial charge in [0.15, 0.2) is 0 Å². The lowest BCUT2D eigenvalue weighted by Gasteiger charge is -2.29. The highest BCUT2D eigenvalue weighted by Crippen LogP contribution is 2.56. The smallest absolute Gasteiger partial charge is 0.0465 e. The van der Waals surface area contributed by atoms with Crippen LogP contribution >= 0.6 is 11.8 Å². The van der Waals surface area contributed by atoms with Crippen molar-refractivity contribution < 1.29 is 0 Å². The van der Waals surface area contributed by atoms with E-state index in [4.69, 9.17) is 0 Å². The lowest BCUT2D eigenvalue weighted by molar-refractivity contribution is 0.660. The van der Waals surface area contributed by atoms with E-state index in [2.05, 4.69) is 231 Å². The number of nitrogens with zero attached hydrogens (tertiary/aromatic N) is 1. The third kappa shape index (κ3) is 6.10. The SMILES string of the molecule is CC1(C)c2ccccc2-c2ccc(N(c3ccc(C4=C(c5ccc(-c6ccccc6)cc5)C5Sc6ccccc6C5C=C4)cc3)c3ccc(-c4ccccc4)cc3)cc21. The summed E-state index contributed by atoms with van der Waals surface area (Å²) in [4.78, 5) is 3.81. The standard InChI is InChI=1S/C57H43NS/c1-57(2)52-19-11-9-17-48(52)49-34-33-46(37-53(49)57)58(44-29-25-41(26-30-44)39-15-7-4-8-16-39)45-31-27-42(28-32-45)47-35-36-51-50-18-10-12-20-54(50)59-56(51)55(47)43-23-21-40(22-24-43)38-13-5-3-6-14-38/h3-37,51,56H,1-2H3. The van der Waals surface area contributed by atoms with Crippen LogP contribution in [0.15, 0.2) is 217 Å². The van der Waals surface area contributed by atoms with E-state index in [1.807, 2.05) is 11.8 Å². The van der Waals surface area contributed by atoms with Crippen molar-refractivity contribution >= 4 is 40.0 Å². The van der Waals surface area contributed by atoms with Crippen LogP contribution in [0.4, 0.5) is 17.1 Å². The van der Waals surface area contributed by atoms with Crippen LogP contribution in [0.25, 0.3) is 44.5 Å². The average molecular weight is 774 g/mol. The van der Waals surface area contributed by atoms with Gasteiger partial charge in [0.05, 0.1) is 0 Å². The van der Waals surface area contributed by atoms with Crippen molar-refractivity contribution in [2.75, 3.05) is 4.90 Å². The van der Waals surface area contributed by atoms with E-state index in [-0.39, 0.29) is 5.41 Å². The summed E-state index contributed by atoms with van der Waals surface area (Å²) in [5, 5.41) is 0.299. The Morgan fingerprint density at radius 1 is 0.441 bits per heavy atom. The predicted octanol–water partition coefficient (Wildman–Crippen LogP) is 15.5. The van der Waals surface area contributed by atoms with Crippen molar-refractivity contribution in [3.8, 4) is 33.4 Å². The zero-order valence-corrected chi connectivity index (χ0v) is 34.0. The Bertz CT molecular complexity index is 2900. The highest BCUT2D eigenvalue weighted by atomic mass is 32.2. The van der Waals surface area contributed by atoms with Gasteiger partial charge in [0.1, 0.15) is 0 Å². The second-order valence-corrected chi connectivity index (χ2v) is 17.6. The Kier molecular flexibility index (Phi) is 8.64. The quantitative estimate of drug-likeness (QED) is 0.159. The predicted molar refractivity (Wildman–Crippen MR) is 251 cm³/mol. The highest BCUT2D eigenvalue weighted by Gasteiger charge is 2.38. The summed E-state index contributed by atoms with van der Waals surface area (Å²) in [6, 6.07) is 73.8. The Labute approximate surface area is 352 Å². The zero-order valence-electron chi connectivity index (χ0n) is 33.2. The van der Waals surface area contributed by atoms with Gasteiger partial charge in [0.2, 0.25) is 0 Å². The summed E-state index contributed by atoms with van der Waals surface area (Å²) in [5.41, 5.74) is 20.3. The first kappa shape index (κ1) is 35.5. The van der Waals surface area contributed by atoms with Crippen molar-refractivity contribution in [3.63, 3.8) is 0 Å². The van der Waals surface area contributed by atoms with Crippen molar-refractivity contribution in [2.45, 2.75) is 35.3 Å². The van der Waals surface area contributed by atoms with Gasteiger partial charge in [-0.1, -0.05) is 184 Å². The lowest BCUT2D eigenvalue weighted by Crippen LogP contribution is -2.16. The van der Waals surface area contributed by atoms with Crippen molar-refractivity contribution in [3.05, 3.63) is 240 Å². The van der Waals surface area contributed by atoms with Crippen LogP contribution in [-0.2, 0) is 5.41 Å². The first-order valence-corrected chi connectivity index (χ1v) is 21.5. The van der Waals surface area contributed by atoms with Crippen LogP contribution in [0.3, 0.4) is 0 Å². The number of hydrogen-bond donors (Lipinski definition) is 0. The molecule has 2 unspecified atom stereocenters. The number of benzene rings is 8. The van der Waals surface area contributed by atoms with Gasteiger partial charge < -0.3 is 4.90 Å². The van der Waals surface area contributed by atoms with Gasteiger partial charge in [0.25, 0.3) is 0 Å². The van der Waals surface area contributed by atoms with Crippen LogP contribution < -0.4 is 4.90 Å². The molecule has 0 aromatic heterocycles. The van der Waals surface area contributed by atoms with Gasteiger partial charge in [-0.25, -0.2) is 0 Å². The maximum Gasteiger partial charge on any atom is 0.0465 e. The van der Waals surface area contributed by atoms with Gasteiger partial charge in [0, 0.05) is 38.5 Å². The molecule has 0 bridgehead atoms. The second kappa shape index (κ2) is 14.3. The fraction of sp³-hybridized carbons (Fsp3) is 0.0877. The maximum absolute atomic E-state index is 2.44. The van der Waals surface area contributed by atoms with E-state index in [1.54, 1.807) is 0 Å². The maximum atomic E-state index is 2.44. The molecule has 282 valence electrons. The second-order valence-electron chi connectivity index (χ2n) is 16.4. The fourth-order valence-corrected chi connectivity index (χ4v) is 11.2. The Morgan fingerprint density at radius 2 is 0.949 bits per heavy atom. The molecule has 2 aliphatic carbocycles. The van der Waals surface area contributed by atoms with Crippen LogP contribution in [0.2, 0.25) is 0 Å². The largest absolute Gasteiger partial charge is 0.310 e. The molecule has 1 aliphatic heterocycles. The average Bonchev–Trinajstić information content (AvgIpc) is 3.79. The fourth-order valence-electron chi connectivity index (χ4n) is 9.67. The van der Waals surface area contributed by atoms with E-state index >= 15 is 0 Å². The number of allylic oxidation sites excluding steroid dienone is 3. The van der Waals surface area contributed by atoms with Crippen molar-refractivity contribution in [2.24, 2.45) is 0 Å². The third-order valence-electron chi connectivity index (χ3n) is 12.7. The van der Waals surface area contributed by atoms with E-state index in [0.29, 0.717) is 11.2 Å². The normalized spacial score (nSPS) is 16.9. The minimum absolute atomic E-state index is 0.0973. The number of rotatable bonds is 7. The van der Waals surface area contributed by atoms with E-state index < -0.39 is 0 Å². The number of fused-ring (bicyclic) bond motifs is 6. The van der Waals surface area contributed by atoms with Crippen LogP contribution in [0.1, 0.15) is 47.6 Å². The molecular formula is C57H43NS. The van der Waals surface area contributed by atoms with E-state index in [1.165, 1.54) is 77.2 Å². The summed E-state index contributed by atoms with van der Waals surface area (Å²) in [6.45, 7) is 4.72. The summed E-state index contributed by atoms with van der Waals surface area (Å²) in [5.74, 6) is 0.340. The summed E-state index contributed by atoms with van der Waals surface area (Å²) in [6.07, 6.45) is 4.83. The summed E-state index contributed by atoms with van der Waals surface area (Å²) >= 11 is 2.01. The third-order valence-corrected chi connectivity index (χ3v) is 14.1. The van der Waals surface area contributed by atoms with E-state index in [9.17, 15) is 0 Å². The molecule has 0 amide bonds. The molecule has 2 atom stereocenters. The minimum Gasteiger partial charge on any atom is -0.310 e. The highest BCUT2D eigenvalue weighted by molar-refractivity contribution is 8.00. The Hall–Kier alpha value is -6.61. The van der Waals surface area contributed by atoms with Gasteiger partial charge in [-0.3, -0.25) is 0 Å². The molecule has 0 N–H and O–H groups in total. The molecule has 8 aromatic carbocycles. The van der Waals surface area contributed by atoms with Crippen molar-refractivity contribution in [1.29, 1.82) is 0 Å². The molecular weight excluding hydrogens is 731 g/mol. The molecule has 0 fully saturated rings. The minimum atomic E-state index is -0.0973. The Morgan fingerprint density at radius 3 is 1.63 bits per heavy atom. The summed E-state index contributed by atoms with van der Waals surface area (Å²) < 4.78 is 0. The number of hydrogen-bond acceptors (Lipinski definition) is 2. The molecule has 0 spiro atoms. The molecule has 0 saturated carbocycles. The Balaban J connectivity index is 1.01. The van der Waals surface area contributed by atoms with Crippen LogP contribution in [0, 0.1) is 0 Å². The molecule has 59 heavy (non-hydrogen) atoms.